The van der Waals surface area contributed by atoms with E-state index < -0.39 is 17.6 Å². The highest BCUT2D eigenvalue weighted by molar-refractivity contribution is 5.87. The molecule has 0 radical (unpaired) electrons. The van der Waals surface area contributed by atoms with E-state index in [1.54, 1.807) is 4.90 Å². The standard InChI is InChI=1S/C20H30N2O3/c1-13(2)18(24)20(4,5)12-21-19(25)17-10-15-8-6-7-9-16(15)11-22(17)14(3)23/h6-9,13,17-18,24H,10-12H2,1-5H3,(H,21,25). The van der Waals surface area contributed by atoms with Gasteiger partial charge in [-0.25, -0.2) is 0 Å². The number of nitrogens with zero attached hydrogens (tertiary/aromatic N) is 1. The molecular weight excluding hydrogens is 316 g/mol. The van der Waals surface area contributed by atoms with Crippen LogP contribution in [0.3, 0.4) is 0 Å². The predicted molar refractivity (Wildman–Crippen MR) is 97.8 cm³/mol. The maximum Gasteiger partial charge on any atom is 0.243 e. The van der Waals surface area contributed by atoms with E-state index in [0.29, 0.717) is 19.5 Å². The van der Waals surface area contributed by atoms with Crippen molar-refractivity contribution in [1.29, 1.82) is 0 Å². The molecule has 1 aromatic carbocycles. The van der Waals surface area contributed by atoms with Crippen molar-refractivity contribution in [3.05, 3.63) is 35.4 Å². The minimum absolute atomic E-state index is 0.101. The zero-order chi connectivity index (χ0) is 18.8. The average molecular weight is 346 g/mol. The topological polar surface area (TPSA) is 69.6 Å². The van der Waals surface area contributed by atoms with Gasteiger partial charge < -0.3 is 15.3 Å². The fourth-order valence-corrected chi connectivity index (χ4v) is 3.53. The number of amides is 2. The van der Waals surface area contributed by atoms with Gasteiger partial charge in [0.2, 0.25) is 11.8 Å². The second-order valence-corrected chi connectivity index (χ2v) is 8.03. The number of nitrogens with one attached hydrogen (secondary N) is 1. The van der Waals surface area contributed by atoms with E-state index in [9.17, 15) is 14.7 Å². The van der Waals surface area contributed by atoms with E-state index in [0.717, 1.165) is 11.1 Å². The first-order valence-electron chi connectivity index (χ1n) is 8.93. The molecular formula is C20H30N2O3. The Kier molecular flexibility index (Phi) is 5.88. The molecule has 0 spiro atoms. The predicted octanol–water partition coefficient (Wildman–Crippen LogP) is 2.12. The number of benzene rings is 1. The molecule has 0 aliphatic carbocycles. The molecule has 1 aliphatic rings. The van der Waals surface area contributed by atoms with E-state index in [1.807, 2.05) is 52.0 Å². The first-order valence-corrected chi connectivity index (χ1v) is 8.93. The molecule has 0 bridgehead atoms. The molecule has 2 rings (SSSR count). The summed E-state index contributed by atoms with van der Waals surface area (Å²) in [4.78, 5) is 26.4. The summed E-state index contributed by atoms with van der Waals surface area (Å²) in [6.45, 7) is 10.1. The molecule has 2 N–H and O–H groups in total. The Morgan fingerprint density at radius 3 is 2.44 bits per heavy atom. The summed E-state index contributed by atoms with van der Waals surface area (Å²) in [6, 6.07) is 7.42. The van der Waals surface area contributed by atoms with E-state index in [2.05, 4.69) is 5.32 Å². The number of carbonyl (C=O) groups is 2. The number of carbonyl (C=O) groups excluding carboxylic acids is 2. The lowest BCUT2D eigenvalue weighted by molar-refractivity contribution is -0.140. The lowest BCUT2D eigenvalue weighted by Crippen LogP contribution is -2.54. The van der Waals surface area contributed by atoms with Gasteiger partial charge in [-0.05, 0) is 17.0 Å². The van der Waals surface area contributed by atoms with Gasteiger partial charge in [0.15, 0.2) is 0 Å². The van der Waals surface area contributed by atoms with Gasteiger partial charge in [-0.1, -0.05) is 52.0 Å². The molecule has 2 unspecified atom stereocenters. The summed E-state index contributed by atoms with van der Waals surface area (Å²) in [5.74, 6) is -0.146. The molecule has 2 amide bonds. The highest BCUT2D eigenvalue weighted by Gasteiger charge is 2.35. The van der Waals surface area contributed by atoms with Crippen LogP contribution in [0.25, 0.3) is 0 Å². The lowest BCUT2D eigenvalue weighted by Gasteiger charge is -2.37. The second-order valence-electron chi connectivity index (χ2n) is 8.03. The normalized spacial score (nSPS) is 18.7. The second kappa shape index (κ2) is 7.56. The quantitative estimate of drug-likeness (QED) is 0.858. The van der Waals surface area contributed by atoms with Gasteiger partial charge in [-0.2, -0.15) is 0 Å². The highest BCUT2D eigenvalue weighted by atomic mass is 16.3. The molecule has 0 saturated carbocycles. The summed E-state index contributed by atoms with van der Waals surface area (Å²) in [7, 11) is 0. The summed E-state index contributed by atoms with van der Waals surface area (Å²) >= 11 is 0. The summed E-state index contributed by atoms with van der Waals surface area (Å²) in [5, 5.41) is 13.3. The molecule has 1 aliphatic heterocycles. The van der Waals surface area contributed by atoms with Crippen LogP contribution in [-0.2, 0) is 22.6 Å². The summed E-state index contributed by atoms with van der Waals surface area (Å²) < 4.78 is 0. The van der Waals surface area contributed by atoms with Crippen molar-refractivity contribution in [3.63, 3.8) is 0 Å². The molecule has 1 heterocycles. The van der Waals surface area contributed by atoms with Gasteiger partial charge in [0.1, 0.15) is 6.04 Å². The van der Waals surface area contributed by atoms with Crippen LogP contribution < -0.4 is 5.32 Å². The van der Waals surface area contributed by atoms with Gasteiger partial charge in [0.05, 0.1) is 6.10 Å². The number of hydrogen-bond donors (Lipinski definition) is 2. The smallest absolute Gasteiger partial charge is 0.243 e. The van der Waals surface area contributed by atoms with Gasteiger partial charge in [-0.3, -0.25) is 9.59 Å². The SMILES string of the molecule is CC(=O)N1Cc2ccccc2CC1C(=O)NCC(C)(C)C(O)C(C)C. The minimum Gasteiger partial charge on any atom is -0.392 e. The third-order valence-electron chi connectivity index (χ3n) is 5.11. The van der Waals surface area contributed by atoms with Crippen molar-refractivity contribution < 1.29 is 14.7 Å². The van der Waals surface area contributed by atoms with Gasteiger partial charge in [0, 0.05) is 31.8 Å². The third kappa shape index (κ3) is 4.40. The van der Waals surface area contributed by atoms with Crippen LogP contribution in [0.4, 0.5) is 0 Å². The van der Waals surface area contributed by atoms with Gasteiger partial charge in [-0.15, -0.1) is 0 Å². The van der Waals surface area contributed by atoms with Crippen LogP contribution in [0.1, 0.15) is 45.7 Å². The van der Waals surface area contributed by atoms with Crippen LogP contribution in [0, 0.1) is 11.3 Å². The van der Waals surface area contributed by atoms with Crippen LogP contribution in [0.15, 0.2) is 24.3 Å². The zero-order valence-electron chi connectivity index (χ0n) is 15.9. The largest absolute Gasteiger partial charge is 0.392 e. The number of hydrogen-bond acceptors (Lipinski definition) is 3. The maximum atomic E-state index is 12.8. The van der Waals surface area contributed by atoms with Crippen molar-refractivity contribution in [2.45, 2.75) is 59.7 Å². The first-order chi connectivity index (χ1) is 11.6. The van der Waals surface area contributed by atoms with E-state index in [1.165, 1.54) is 6.92 Å². The average Bonchev–Trinajstić information content (AvgIpc) is 2.57. The van der Waals surface area contributed by atoms with Crippen molar-refractivity contribution >= 4 is 11.8 Å². The fourth-order valence-electron chi connectivity index (χ4n) is 3.53. The maximum absolute atomic E-state index is 12.8. The Hall–Kier alpha value is -1.88. The Labute approximate surface area is 150 Å². The molecule has 2 atom stereocenters. The lowest BCUT2D eigenvalue weighted by atomic mass is 9.80. The van der Waals surface area contributed by atoms with E-state index in [-0.39, 0.29) is 17.7 Å². The molecule has 5 nitrogen and oxygen atoms in total. The van der Waals surface area contributed by atoms with Crippen LogP contribution in [-0.4, -0.2) is 40.5 Å². The number of aliphatic hydroxyl groups is 1. The van der Waals surface area contributed by atoms with E-state index in [4.69, 9.17) is 0 Å². The highest BCUT2D eigenvalue weighted by Crippen LogP contribution is 2.26. The monoisotopic (exact) mass is 346 g/mol. The molecule has 0 saturated heterocycles. The molecule has 138 valence electrons. The van der Waals surface area contributed by atoms with Crippen molar-refractivity contribution in [2.75, 3.05) is 6.54 Å². The Morgan fingerprint density at radius 2 is 1.88 bits per heavy atom. The molecule has 0 fully saturated rings. The Morgan fingerprint density at radius 1 is 1.28 bits per heavy atom. The molecule has 25 heavy (non-hydrogen) atoms. The third-order valence-corrected chi connectivity index (χ3v) is 5.11. The molecule has 1 aromatic rings. The molecule has 5 heteroatoms. The van der Waals surface area contributed by atoms with Crippen molar-refractivity contribution in [3.8, 4) is 0 Å². The number of rotatable bonds is 5. The van der Waals surface area contributed by atoms with Gasteiger partial charge >= 0.3 is 0 Å². The summed E-state index contributed by atoms with van der Waals surface area (Å²) in [5.41, 5.74) is 1.77. The first kappa shape index (κ1) is 19.4. The summed E-state index contributed by atoms with van der Waals surface area (Å²) in [6.07, 6.45) is 0.0122. The molecule has 0 aromatic heterocycles. The van der Waals surface area contributed by atoms with Crippen molar-refractivity contribution in [2.24, 2.45) is 11.3 Å². The van der Waals surface area contributed by atoms with E-state index >= 15 is 0 Å². The van der Waals surface area contributed by atoms with Crippen LogP contribution in [0.5, 0.6) is 0 Å². The minimum atomic E-state index is -0.510. The van der Waals surface area contributed by atoms with Crippen LogP contribution in [0.2, 0.25) is 0 Å². The Bertz CT molecular complexity index is 640. The van der Waals surface area contributed by atoms with Gasteiger partial charge in [0.25, 0.3) is 0 Å². The number of fused-ring (bicyclic) bond motifs is 1. The zero-order valence-corrected chi connectivity index (χ0v) is 15.9. The Balaban J connectivity index is 2.10. The van der Waals surface area contributed by atoms with Crippen LogP contribution >= 0.6 is 0 Å². The number of aliphatic hydroxyl groups excluding tert-OH is 1. The fraction of sp³-hybridized carbons (Fsp3) is 0.600. The van der Waals surface area contributed by atoms with Crippen molar-refractivity contribution in [1.82, 2.24) is 10.2 Å².